The van der Waals surface area contributed by atoms with Gasteiger partial charge in [0.1, 0.15) is 5.75 Å². The quantitative estimate of drug-likeness (QED) is 0.792. The largest absolute Gasteiger partial charge is 0.497 e. The average molecular weight is 285 g/mol. The topological polar surface area (TPSA) is 37.4 Å². The number of benzene rings is 1. The monoisotopic (exact) mass is 285 g/mol. The van der Waals surface area contributed by atoms with Gasteiger partial charge in [0.05, 0.1) is 19.0 Å². The van der Waals surface area contributed by atoms with Crippen LogP contribution < -0.4 is 15.0 Å². The summed E-state index contributed by atoms with van der Waals surface area (Å²) in [4.78, 5) is 6.40. The molecule has 0 aliphatic carbocycles. The molecule has 4 heteroatoms. The van der Waals surface area contributed by atoms with Crippen LogP contribution in [0.5, 0.6) is 5.75 Å². The molecule has 0 bridgehead atoms. The van der Waals surface area contributed by atoms with Gasteiger partial charge < -0.3 is 15.0 Å². The van der Waals surface area contributed by atoms with Crippen LogP contribution in [0.2, 0.25) is 0 Å². The number of pyridine rings is 1. The first kappa shape index (κ1) is 15.3. The summed E-state index contributed by atoms with van der Waals surface area (Å²) in [6, 6.07) is 10.1. The second-order valence-corrected chi connectivity index (χ2v) is 4.94. The van der Waals surface area contributed by atoms with Gasteiger partial charge in [0, 0.05) is 31.5 Å². The van der Waals surface area contributed by atoms with E-state index in [-0.39, 0.29) is 0 Å². The Morgan fingerprint density at radius 3 is 2.90 bits per heavy atom. The SMILES string of the molecule is CCCNCc1ccncc1N(C)c1cccc(OC)c1. The van der Waals surface area contributed by atoms with Crippen molar-refractivity contribution in [1.82, 2.24) is 10.3 Å². The number of anilines is 2. The second kappa shape index (κ2) is 7.64. The van der Waals surface area contributed by atoms with Crippen molar-refractivity contribution in [1.29, 1.82) is 0 Å². The first-order chi connectivity index (χ1) is 10.3. The Morgan fingerprint density at radius 1 is 1.29 bits per heavy atom. The van der Waals surface area contributed by atoms with Crippen molar-refractivity contribution < 1.29 is 4.74 Å². The van der Waals surface area contributed by atoms with Crippen LogP contribution in [0.25, 0.3) is 0 Å². The first-order valence-corrected chi connectivity index (χ1v) is 7.27. The lowest BCUT2D eigenvalue weighted by molar-refractivity contribution is 0.415. The Kier molecular flexibility index (Phi) is 5.58. The first-order valence-electron chi connectivity index (χ1n) is 7.27. The van der Waals surface area contributed by atoms with Gasteiger partial charge in [0.25, 0.3) is 0 Å². The molecule has 0 unspecified atom stereocenters. The molecule has 0 aliphatic heterocycles. The molecule has 1 aromatic heterocycles. The van der Waals surface area contributed by atoms with Gasteiger partial charge in [-0.1, -0.05) is 13.0 Å². The van der Waals surface area contributed by atoms with Crippen molar-refractivity contribution in [3.63, 3.8) is 0 Å². The van der Waals surface area contributed by atoms with Gasteiger partial charge in [-0.2, -0.15) is 0 Å². The molecule has 4 nitrogen and oxygen atoms in total. The highest BCUT2D eigenvalue weighted by molar-refractivity contribution is 5.66. The summed E-state index contributed by atoms with van der Waals surface area (Å²) >= 11 is 0. The molecule has 1 N–H and O–H groups in total. The summed E-state index contributed by atoms with van der Waals surface area (Å²) in [5.41, 5.74) is 3.43. The summed E-state index contributed by atoms with van der Waals surface area (Å²) in [5.74, 6) is 0.855. The smallest absolute Gasteiger partial charge is 0.120 e. The maximum absolute atomic E-state index is 5.30. The average Bonchev–Trinajstić information content (AvgIpc) is 2.55. The number of hydrogen-bond acceptors (Lipinski definition) is 4. The molecule has 2 aromatic rings. The molecule has 0 saturated carbocycles. The Balaban J connectivity index is 2.23. The van der Waals surface area contributed by atoms with Gasteiger partial charge in [0.15, 0.2) is 0 Å². The zero-order valence-corrected chi connectivity index (χ0v) is 13.0. The number of methoxy groups -OCH3 is 1. The van der Waals surface area contributed by atoms with E-state index in [1.807, 2.05) is 30.6 Å². The standard InChI is InChI=1S/C17H23N3O/c1-4-9-18-12-14-8-10-19-13-17(14)20(2)15-6-5-7-16(11-15)21-3/h5-8,10-11,13,18H,4,9,12H2,1-3H3. The molecule has 1 aromatic carbocycles. The lowest BCUT2D eigenvalue weighted by Crippen LogP contribution is -2.18. The maximum atomic E-state index is 5.30. The van der Waals surface area contributed by atoms with Crippen LogP contribution in [0, 0.1) is 0 Å². The van der Waals surface area contributed by atoms with Crippen LogP contribution in [0.1, 0.15) is 18.9 Å². The fourth-order valence-corrected chi connectivity index (χ4v) is 2.22. The zero-order chi connectivity index (χ0) is 15.1. The predicted molar refractivity (Wildman–Crippen MR) is 87.3 cm³/mol. The molecule has 1 heterocycles. The van der Waals surface area contributed by atoms with Crippen LogP contribution in [0.4, 0.5) is 11.4 Å². The summed E-state index contributed by atoms with van der Waals surface area (Å²) in [5, 5.41) is 3.44. The number of aromatic nitrogens is 1. The van der Waals surface area contributed by atoms with Crippen molar-refractivity contribution in [2.75, 3.05) is 25.6 Å². The van der Waals surface area contributed by atoms with E-state index in [0.717, 1.165) is 36.6 Å². The fraction of sp³-hybridized carbons (Fsp3) is 0.353. The highest BCUT2D eigenvalue weighted by atomic mass is 16.5. The summed E-state index contributed by atoms with van der Waals surface area (Å²) in [6.07, 6.45) is 4.88. The third kappa shape index (κ3) is 3.95. The molecule has 112 valence electrons. The van der Waals surface area contributed by atoms with Crippen molar-refractivity contribution in [2.24, 2.45) is 0 Å². The van der Waals surface area contributed by atoms with Crippen LogP contribution in [0.15, 0.2) is 42.7 Å². The summed E-state index contributed by atoms with van der Waals surface area (Å²) in [6.45, 7) is 4.04. The Hall–Kier alpha value is -2.07. The third-order valence-corrected chi connectivity index (χ3v) is 3.43. The highest BCUT2D eigenvalue weighted by Gasteiger charge is 2.10. The van der Waals surface area contributed by atoms with E-state index in [0.29, 0.717) is 0 Å². The lowest BCUT2D eigenvalue weighted by atomic mass is 10.2. The molecular weight excluding hydrogens is 262 g/mol. The molecule has 0 fully saturated rings. The third-order valence-electron chi connectivity index (χ3n) is 3.43. The van der Waals surface area contributed by atoms with Gasteiger partial charge in [-0.05, 0) is 36.7 Å². The number of nitrogens with zero attached hydrogens (tertiary/aromatic N) is 2. The summed E-state index contributed by atoms with van der Waals surface area (Å²) in [7, 11) is 3.73. The molecule has 0 saturated heterocycles. The Bertz CT molecular complexity index is 571. The second-order valence-electron chi connectivity index (χ2n) is 4.94. The minimum absolute atomic E-state index is 0.847. The molecule has 0 atom stereocenters. The van der Waals surface area contributed by atoms with Gasteiger partial charge in [-0.25, -0.2) is 0 Å². The van der Waals surface area contributed by atoms with E-state index in [9.17, 15) is 0 Å². The Morgan fingerprint density at radius 2 is 2.14 bits per heavy atom. The van der Waals surface area contributed by atoms with E-state index in [4.69, 9.17) is 4.74 Å². The van der Waals surface area contributed by atoms with Crippen molar-refractivity contribution in [2.45, 2.75) is 19.9 Å². The minimum Gasteiger partial charge on any atom is -0.497 e. The van der Waals surface area contributed by atoms with Crippen LogP contribution in [0.3, 0.4) is 0 Å². The normalized spacial score (nSPS) is 10.4. The van der Waals surface area contributed by atoms with E-state index < -0.39 is 0 Å². The van der Waals surface area contributed by atoms with E-state index in [2.05, 4.69) is 41.3 Å². The lowest BCUT2D eigenvalue weighted by Gasteiger charge is -2.22. The Labute approximate surface area is 126 Å². The van der Waals surface area contributed by atoms with E-state index in [1.54, 1.807) is 7.11 Å². The van der Waals surface area contributed by atoms with Gasteiger partial charge in [0.2, 0.25) is 0 Å². The van der Waals surface area contributed by atoms with Crippen LogP contribution in [-0.4, -0.2) is 25.7 Å². The molecule has 0 spiro atoms. The maximum Gasteiger partial charge on any atom is 0.120 e. The van der Waals surface area contributed by atoms with Crippen LogP contribution >= 0.6 is 0 Å². The van der Waals surface area contributed by atoms with Crippen LogP contribution in [-0.2, 0) is 6.54 Å². The van der Waals surface area contributed by atoms with E-state index in [1.165, 1.54) is 5.56 Å². The number of ether oxygens (including phenoxy) is 1. The zero-order valence-electron chi connectivity index (χ0n) is 13.0. The molecule has 0 amide bonds. The minimum atomic E-state index is 0.847. The van der Waals surface area contributed by atoms with Crippen molar-refractivity contribution in [3.05, 3.63) is 48.3 Å². The van der Waals surface area contributed by atoms with E-state index >= 15 is 0 Å². The van der Waals surface area contributed by atoms with Gasteiger partial charge >= 0.3 is 0 Å². The molecule has 2 rings (SSSR count). The van der Waals surface area contributed by atoms with Crippen molar-refractivity contribution >= 4 is 11.4 Å². The molecule has 0 radical (unpaired) electrons. The number of nitrogens with one attached hydrogen (secondary N) is 1. The van der Waals surface area contributed by atoms with Gasteiger partial charge in [-0.3, -0.25) is 4.98 Å². The van der Waals surface area contributed by atoms with Gasteiger partial charge in [-0.15, -0.1) is 0 Å². The van der Waals surface area contributed by atoms with Crippen molar-refractivity contribution in [3.8, 4) is 5.75 Å². The molecular formula is C17H23N3O. The number of hydrogen-bond donors (Lipinski definition) is 1. The number of rotatable bonds is 7. The molecule has 0 aliphatic rings. The predicted octanol–water partition coefficient (Wildman–Crippen LogP) is 3.36. The fourth-order valence-electron chi connectivity index (χ4n) is 2.22. The summed E-state index contributed by atoms with van der Waals surface area (Å²) < 4.78 is 5.30. The molecule has 21 heavy (non-hydrogen) atoms. The highest BCUT2D eigenvalue weighted by Crippen LogP contribution is 2.28.